The van der Waals surface area contributed by atoms with Gasteiger partial charge in [0.25, 0.3) is 0 Å². The predicted octanol–water partition coefficient (Wildman–Crippen LogP) is 15.8. The molecule has 0 N–H and O–H groups in total. The summed E-state index contributed by atoms with van der Waals surface area (Å²) in [6.07, 6.45) is 29.6. The molecule has 1 aromatic rings. The van der Waals surface area contributed by atoms with Crippen molar-refractivity contribution < 1.29 is 4.39 Å². The van der Waals surface area contributed by atoms with Crippen LogP contribution in [-0.2, 0) is 6.42 Å². The molecule has 1 saturated carbocycles. The van der Waals surface area contributed by atoms with E-state index in [1.165, 1.54) is 100 Å². The topological polar surface area (TPSA) is 0 Å². The summed E-state index contributed by atoms with van der Waals surface area (Å²) >= 11 is 0. The third-order valence-corrected chi connectivity index (χ3v) is 9.42. The van der Waals surface area contributed by atoms with Crippen LogP contribution >= 0.6 is 0 Å². The summed E-state index contributed by atoms with van der Waals surface area (Å²) in [5.41, 5.74) is 7.37. The van der Waals surface area contributed by atoms with E-state index in [-0.39, 0.29) is 0 Å². The van der Waals surface area contributed by atoms with Crippen molar-refractivity contribution in [2.45, 2.75) is 164 Å². The first-order valence-corrected chi connectivity index (χ1v) is 19.5. The van der Waals surface area contributed by atoms with Gasteiger partial charge in [0.1, 0.15) is 6.17 Å². The van der Waals surface area contributed by atoms with Crippen molar-refractivity contribution in [3.05, 3.63) is 103 Å². The molecule has 0 aromatic heterocycles. The molecule has 4 atom stereocenters. The zero-order chi connectivity index (χ0) is 35.9. The van der Waals surface area contributed by atoms with E-state index >= 15 is 0 Å². The minimum absolute atomic E-state index is 0.561. The summed E-state index contributed by atoms with van der Waals surface area (Å²) in [5.74, 6) is 1.86. The molecule has 3 aliphatic rings. The highest BCUT2D eigenvalue weighted by Crippen LogP contribution is 2.49. The zero-order valence-corrected chi connectivity index (χ0v) is 32.4. The number of fused-ring (bicyclic) bond motifs is 1. The molecule has 0 heterocycles. The summed E-state index contributed by atoms with van der Waals surface area (Å²) in [4.78, 5) is 0. The smallest absolute Gasteiger partial charge is 0.104 e. The van der Waals surface area contributed by atoms with Crippen LogP contribution in [0.25, 0.3) is 6.08 Å². The quantitative estimate of drug-likeness (QED) is 0.147. The van der Waals surface area contributed by atoms with Gasteiger partial charge in [-0.15, -0.1) is 26.3 Å². The maximum atomic E-state index is 13.7. The fraction of sp³-hybridized carbons (Fsp3) is 0.609. The van der Waals surface area contributed by atoms with Gasteiger partial charge in [-0.2, -0.15) is 0 Å². The monoisotopic (exact) mass is 649 g/mol. The lowest BCUT2D eigenvalue weighted by molar-refractivity contribution is 0.256. The Kier molecular flexibility index (Phi) is 32.0. The number of hydrogen-bond acceptors (Lipinski definition) is 0. The molecular weight excluding hydrogens is 572 g/mol. The first-order chi connectivity index (χ1) is 23.1. The van der Waals surface area contributed by atoms with Gasteiger partial charge in [-0.3, -0.25) is 0 Å². The number of rotatable bonds is 13. The van der Waals surface area contributed by atoms with Gasteiger partial charge in [0, 0.05) is 0 Å². The summed E-state index contributed by atoms with van der Waals surface area (Å²) in [5, 5.41) is 0. The van der Waals surface area contributed by atoms with Crippen molar-refractivity contribution in [1.82, 2.24) is 0 Å². The van der Waals surface area contributed by atoms with Gasteiger partial charge in [-0.25, -0.2) is 4.39 Å². The van der Waals surface area contributed by atoms with Gasteiger partial charge in [-0.1, -0.05) is 178 Å². The molecule has 0 saturated heterocycles. The van der Waals surface area contributed by atoms with E-state index in [4.69, 9.17) is 0 Å². The van der Waals surface area contributed by atoms with Crippen LogP contribution in [0.5, 0.6) is 0 Å². The highest BCUT2D eigenvalue weighted by atomic mass is 19.1. The average molecular weight is 649 g/mol. The third-order valence-electron chi connectivity index (χ3n) is 9.42. The molecule has 4 unspecified atom stereocenters. The van der Waals surface area contributed by atoms with Gasteiger partial charge >= 0.3 is 0 Å². The van der Waals surface area contributed by atoms with Crippen LogP contribution in [-0.4, -0.2) is 6.17 Å². The molecule has 3 aliphatic carbocycles. The van der Waals surface area contributed by atoms with Crippen LogP contribution in [0.1, 0.15) is 162 Å². The number of benzene rings is 1. The molecule has 1 heteroatoms. The summed E-state index contributed by atoms with van der Waals surface area (Å²) in [7, 11) is 0. The standard InChI is InChI=1S/C27H33F.C11H24.2C2H6.2C2H4/c1-3-19-5-7-21(8-6-19)18-27-25(22-10-13-24(28)14-11-22)16-12-23-17-20(4-2)9-15-26(23)27;1-3-5-7-9-11-10-8-6-4-2;4*1-2/h3,5-10,15,23-25,27H,1,4,11-14,16-18H2,2H3;3-11H2,1-2H3;2*1-2H3;2*1-2H2. The van der Waals surface area contributed by atoms with Crippen molar-refractivity contribution >= 4 is 6.08 Å². The normalized spacial score (nSPS) is 20.7. The van der Waals surface area contributed by atoms with Gasteiger partial charge in [0.15, 0.2) is 0 Å². The second kappa shape index (κ2) is 32.2. The molecular formula is C46H77F. The maximum Gasteiger partial charge on any atom is 0.104 e. The lowest BCUT2D eigenvalue weighted by atomic mass is 9.62. The predicted molar refractivity (Wildman–Crippen MR) is 216 cm³/mol. The Morgan fingerprint density at radius 2 is 1.30 bits per heavy atom. The largest absolute Gasteiger partial charge is 0.247 e. The maximum absolute atomic E-state index is 13.7. The second-order valence-corrected chi connectivity index (χ2v) is 12.3. The Balaban J connectivity index is 0. The van der Waals surface area contributed by atoms with Gasteiger partial charge < -0.3 is 0 Å². The second-order valence-electron chi connectivity index (χ2n) is 12.3. The SMILES string of the molecule is C=C.C=C.C=Cc1ccc(CC2C3=CC=C(CC)CC3CCC2C2=CCC(F)CC2)cc1.CC.CC.CCCCCCCCCCC. The van der Waals surface area contributed by atoms with Crippen molar-refractivity contribution in [3.63, 3.8) is 0 Å². The molecule has 0 aliphatic heterocycles. The minimum Gasteiger partial charge on any atom is -0.247 e. The lowest BCUT2D eigenvalue weighted by Gasteiger charge is -2.43. The van der Waals surface area contributed by atoms with E-state index < -0.39 is 6.17 Å². The Bertz CT molecular complexity index is 951. The summed E-state index contributed by atoms with van der Waals surface area (Å²) in [6, 6.07) is 8.88. The summed E-state index contributed by atoms with van der Waals surface area (Å²) < 4.78 is 13.7. The molecule has 268 valence electrons. The van der Waals surface area contributed by atoms with E-state index in [0.717, 1.165) is 12.8 Å². The van der Waals surface area contributed by atoms with Crippen LogP contribution in [0, 0.1) is 17.8 Å². The number of halogens is 1. The Hall–Kier alpha value is -2.41. The molecule has 0 spiro atoms. The molecule has 0 bridgehead atoms. The van der Waals surface area contributed by atoms with Crippen LogP contribution < -0.4 is 0 Å². The fourth-order valence-electron chi connectivity index (χ4n) is 6.91. The Morgan fingerprint density at radius 3 is 1.77 bits per heavy atom. The lowest BCUT2D eigenvalue weighted by Crippen LogP contribution is -2.32. The van der Waals surface area contributed by atoms with Crippen LogP contribution in [0.4, 0.5) is 4.39 Å². The van der Waals surface area contributed by atoms with Gasteiger partial charge in [0.2, 0.25) is 0 Å². The number of allylic oxidation sites excluding steroid dienone is 6. The molecule has 4 rings (SSSR count). The van der Waals surface area contributed by atoms with E-state index in [0.29, 0.717) is 30.6 Å². The Morgan fingerprint density at radius 1 is 0.745 bits per heavy atom. The van der Waals surface area contributed by atoms with Crippen molar-refractivity contribution in [2.75, 3.05) is 0 Å². The summed E-state index contributed by atoms with van der Waals surface area (Å²) in [6.45, 7) is 30.7. The molecule has 0 nitrogen and oxygen atoms in total. The average Bonchev–Trinajstić information content (AvgIpc) is 3.15. The van der Waals surface area contributed by atoms with E-state index in [9.17, 15) is 4.39 Å². The Labute approximate surface area is 294 Å². The molecule has 0 radical (unpaired) electrons. The number of hydrogen-bond donors (Lipinski definition) is 0. The zero-order valence-electron chi connectivity index (χ0n) is 32.4. The molecule has 0 amide bonds. The van der Waals surface area contributed by atoms with Crippen LogP contribution in [0.3, 0.4) is 0 Å². The van der Waals surface area contributed by atoms with E-state index in [2.05, 4.69) is 96.2 Å². The fourth-order valence-corrected chi connectivity index (χ4v) is 6.91. The molecule has 47 heavy (non-hydrogen) atoms. The van der Waals surface area contributed by atoms with Gasteiger partial charge in [-0.05, 0) is 80.2 Å². The minimum atomic E-state index is -0.631. The number of alkyl halides is 1. The number of unbranched alkanes of at least 4 members (excludes halogenated alkanes) is 8. The highest BCUT2D eigenvalue weighted by Gasteiger charge is 2.38. The van der Waals surface area contributed by atoms with Crippen molar-refractivity contribution in [2.24, 2.45) is 17.8 Å². The first-order valence-electron chi connectivity index (χ1n) is 19.5. The molecule has 1 fully saturated rings. The third kappa shape index (κ3) is 18.6. The van der Waals surface area contributed by atoms with Crippen LogP contribution in [0.2, 0.25) is 0 Å². The van der Waals surface area contributed by atoms with Crippen molar-refractivity contribution in [1.29, 1.82) is 0 Å². The van der Waals surface area contributed by atoms with E-state index in [1.54, 1.807) is 11.1 Å². The van der Waals surface area contributed by atoms with E-state index in [1.807, 2.05) is 33.8 Å². The van der Waals surface area contributed by atoms with Crippen LogP contribution in [0.15, 0.2) is 92.1 Å². The molecule has 1 aromatic carbocycles. The van der Waals surface area contributed by atoms with Crippen molar-refractivity contribution in [3.8, 4) is 0 Å². The van der Waals surface area contributed by atoms with Gasteiger partial charge in [0.05, 0.1) is 0 Å². The highest BCUT2D eigenvalue weighted by molar-refractivity contribution is 5.47. The first kappa shape index (κ1) is 46.7.